The number of rotatable bonds is 6. The van der Waals surface area contributed by atoms with E-state index >= 15 is 0 Å². The van der Waals surface area contributed by atoms with E-state index in [4.69, 9.17) is 0 Å². The van der Waals surface area contributed by atoms with Crippen LogP contribution in [0.15, 0.2) is 64.5 Å². The molecule has 0 fully saturated rings. The number of thioether (sulfide) groups is 2. The van der Waals surface area contributed by atoms with Gasteiger partial charge in [0.2, 0.25) is 5.95 Å². The quantitative estimate of drug-likeness (QED) is 0.543. The largest absolute Gasteiger partial charge is 0.339 e. The highest BCUT2D eigenvalue weighted by atomic mass is 32.2. The normalized spacial score (nSPS) is 10.5. The summed E-state index contributed by atoms with van der Waals surface area (Å²) >= 11 is 3.40. The van der Waals surface area contributed by atoms with Gasteiger partial charge in [-0.15, -0.1) is 23.5 Å². The summed E-state index contributed by atoms with van der Waals surface area (Å²) in [5.74, 6) is 1.39. The van der Waals surface area contributed by atoms with Gasteiger partial charge >= 0.3 is 0 Å². The Bertz CT molecular complexity index is 868. The molecule has 0 radical (unpaired) electrons. The Morgan fingerprint density at radius 2 is 1.36 bits per heavy atom. The van der Waals surface area contributed by atoms with Crippen molar-refractivity contribution in [2.24, 2.45) is 0 Å². The molecule has 2 N–H and O–H groups in total. The van der Waals surface area contributed by atoms with E-state index in [1.807, 2.05) is 43.5 Å². The molecule has 3 rings (SSSR count). The second kappa shape index (κ2) is 8.27. The van der Waals surface area contributed by atoms with E-state index in [9.17, 15) is 0 Å². The van der Waals surface area contributed by atoms with E-state index in [-0.39, 0.29) is 0 Å². The lowest BCUT2D eigenvalue weighted by molar-refractivity contribution is 1.12. The molecule has 0 saturated carbocycles. The molecule has 0 aliphatic heterocycles. The Balaban J connectivity index is 1.88. The summed E-state index contributed by atoms with van der Waals surface area (Å²) in [6.07, 6.45) is 5.96. The molecule has 3 aromatic rings. The number of aryl methyl sites for hydroxylation is 1. The number of hydrogen-bond donors (Lipinski definition) is 2. The SMILES string of the molecule is CSc1ccccc1Nc1ncc(C)c(Nc2ccccc2SC)n1. The predicted octanol–water partition coefficient (Wildman–Crippen LogP) is 5.72. The number of aromatic nitrogens is 2. The Morgan fingerprint density at radius 3 is 1.96 bits per heavy atom. The Hall–Kier alpha value is -2.18. The van der Waals surface area contributed by atoms with E-state index in [1.54, 1.807) is 23.5 Å². The topological polar surface area (TPSA) is 49.8 Å². The second-order valence-corrected chi connectivity index (χ2v) is 7.07. The van der Waals surface area contributed by atoms with Crippen molar-refractivity contribution < 1.29 is 0 Å². The van der Waals surface area contributed by atoms with Gasteiger partial charge in [-0.1, -0.05) is 24.3 Å². The van der Waals surface area contributed by atoms with E-state index in [0.717, 1.165) is 27.7 Å². The Labute approximate surface area is 156 Å². The zero-order valence-electron chi connectivity index (χ0n) is 14.4. The summed E-state index contributed by atoms with van der Waals surface area (Å²) in [5, 5.41) is 6.75. The van der Waals surface area contributed by atoms with Crippen LogP contribution in [0, 0.1) is 6.92 Å². The number of nitrogens with one attached hydrogen (secondary N) is 2. The molecular weight excluding hydrogens is 348 g/mol. The molecule has 0 aliphatic carbocycles. The summed E-state index contributed by atoms with van der Waals surface area (Å²) in [6, 6.07) is 16.4. The highest BCUT2D eigenvalue weighted by molar-refractivity contribution is 7.99. The third-order valence-electron chi connectivity index (χ3n) is 3.69. The van der Waals surface area contributed by atoms with Crippen LogP contribution in [-0.4, -0.2) is 22.5 Å². The summed E-state index contributed by atoms with van der Waals surface area (Å²) in [6.45, 7) is 2.00. The van der Waals surface area contributed by atoms with E-state index in [1.165, 1.54) is 4.90 Å². The first-order valence-corrected chi connectivity index (χ1v) is 10.3. The van der Waals surface area contributed by atoms with Gasteiger partial charge in [0.15, 0.2) is 0 Å². The molecule has 0 bridgehead atoms. The van der Waals surface area contributed by atoms with Gasteiger partial charge < -0.3 is 10.6 Å². The predicted molar refractivity (Wildman–Crippen MR) is 110 cm³/mol. The maximum absolute atomic E-state index is 4.66. The fourth-order valence-electron chi connectivity index (χ4n) is 2.37. The van der Waals surface area contributed by atoms with Crippen LogP contribution in [0.2, 0.25) is 0 Å². The molecule has 25 heavy (non-hydrogen) atoms. The minimum absolute atomic E-state index is 0.580. The molecule has 6 heteroatoms. The Kier molecular flexibility index (Phi) is 5.83. The minimum Gasteiger partial charge on any atom is -0.339 e. The van der Waals surface area contributed by atoms with Crippen LogP contribution in [0.4, 0.5) is 23.1 Å². The van der Waals surface area contributed by atoms with Crippen LogP contribution < -0.4 is 10.6 Å². The average Bonchev–Trinajstić information content (AvgIpc) is 2.65. The lowest BCUT2D eigenvalue weighted by Crippen LogP contribution is -2.03. The van der Waals surface area contributed by atoms with Gasteiger partial charge in [-0.2, -0.15) is 4.98 Å². The van der Waals surface area contributed by atoms with Gasteiger partial charge in [0.25, 0.3) is 0 Å². The average molecular weight is 369 g/mol. The van der Waals surface area contributed by atoms with Crippen LogP contribution >= 0.6 is 23.5 Å². The summed E-state index contributed by atoms with van der Waals surface area (Å²) < 4.78 is 0. The molecule has 0 aliphatic rings. The molecule has 0 spiro atoms. The molecule has 0 unspecified atom stereocenters. The van der Waals surface area contributed by atoms with Crippen molar-refractivity contribution in [3.05, 3.63) is 60.3 Å². The van der Waals surface area contributed by atoms with Crippen LogP contribution in [0.1, 0.15) is 5.56 Å². The first kappa shape index (κ1) is 17.6. The first-order chi connectivity index (χ1) is 12.2. The van der Waals surface area contributed by atoms with Gasteiger partial charge in [-0.25, -0.2) is 4.98 Å². The van der Waals surface area contributed by atoms with Crippen LogP contribution in [0.5, 0.6) is 0 Å². The molecule has 1 heterocycles. The number of benzene rings is 2. The zero-order valence-corrected chi connectivity index (χ0v) is 16.0. The molecule has 0 amide bonds. The zero-order chi connectivity index (χ0) is 17.6. The minimum atomic E-state index is 0.580. The van der Waals surface area contributed by atoms with Crippen LogP contribution in [0.25, 0.3) is 0 Å². The van der Waals surface area contributed by atoms with Crippen molar-refractivity contribution in [2.45, 2.75) is 16.7 Å². The van der Waals surface area contributed by atoms with Crippen molar-refractivity contribution in [3.8, 4) is 0 Å². The van der Waals surface area contributed by atoms with E-state index < -0.39 is 0 Å². The van der Waals surface area contributed by atoms with Crippen molar-refractivity contribution in [1.82, 2.24) is 9.97 Å². The maximum Gasteiger partial charge on any atom is 0.229 e. The van der Waals surface area contributed by atoms with Crippen molar-refractivity contribution in [3.63, 3.8) is 0 Å². The third-order valence-corrected chi connectivity index (χ3v) is 5.28. The second-order valence-electron chi connectivity index (χ2n) is 5.38. The lowest BCUT2D eigenvalue weighted by atomic mass is 10.3. The van der Waals surface area contributed by atoms with Gasteiger partial charge in [0.05, 0.1) is 11.4 Å². The molecule has 0 atom stereocenters. The molecule has 0 saturated heterocycles. The highest BCUT2D eigenvalue weighted by Gasteiger charge is 2.08. The lowest BCUT2D eigenvalue weighted by Gasteiger charge is -2.14. The molecule has 128 valence electrons. The fraction of sp³-hybridized carbons (Fsp3) is 0.158. The smallest absolute Gasteiger partial charge is 0.229 e. The third kappa shape index (κ3) is 4.27. The van der Waals surface area contributed by atoms with Gasteiger partial charge in [0, 0.05) is 21.6 Å². The standard InChI is InChI=1S/C19H20N4S2/c1-13-12-20-19(22-15-9-5-7-11-17(15)25-3)23-18(13)21-14-8-4-6-10-16(14)24-2/h4-12H,1-3H3,(H2,20,21,22,23). The van der Waals surface area contributed by atoms with Gasteiger partial charge in [0.1, 0.15) is 5.82 Å². The molecule has 1 aromatic heterocycles. The monoisotopic (exact) mass is 368 g/mol. The van der Waals surface area contributed by atoms with Crippen molar-refractivity contribution in [2.75, 3.05) is 23.1 Å². The number of hydrogen-bond acceptors (Lipinski definition) is 6. The molecule has 4 nitrogen and oxygen atoms in total. The molecular formula is C19H20N4S2. The van der Waals surface area contributed by atoms with E-state index in [0.29, 0.717) is 5.95 Å². The number of para-hydroxylation sites is 2. The van der Waals surface area contributed by atoms with Crippen LogP contribution in [-0.2, 0) is 0 Å². The summed E-state index contributed by atoms with van der Waals surface area (Å²) in [7, 11) is 0. The number of nitrogens with zero attached hydrogens (tertiary/aromatic N) is 2. The van der Waals surface area contributed by atoms with Crippen LogP contribution in [0.3, 0.4) is 0 Å². The van der Waals surface area contributed by atoms with Crippen molar-refractivity contribution >= 4 is 46.7 Å². The van der Waals surface area contributed by atoms with E-state index in [2.05, 4.69) is 51.3 Å². The van der Waals surface area contributed by atoms with Crippen molar-refractivity contribution in [1.29, 1.82) is 0 Å². The van der Waals surface area contributed by atoms with Gasteiger partial charge in [-0.3, -0.25) is 0 Å². The number of anilines is 4. The summed E-state index contributed by atoms with van der Waals surface area (Å²) in [5.41, 5.74) is 3.06. The Morgan fingerprint density at radius 1 is 0.800 bits per heavy atom. The highest BCUT2D eigenvalue weighted by Crippen LogP contribution is 2.30. The fourth-order valence-corrected chi connectivity index (χ4v) is 3.48. The first-order valence-electron chi connectivity index (χ1n) is 7.85. The van der Waals surface area contributed by atoms with Gasteiger partial charge in [-0.05, 0) is 43.7 Å². The maximum atomic E-state index is 4.66. The molecule has 2 aromatic carbocycles. The summed E-state index contributed by atoms with van der Waals surface area (Å²) in [4.78, 5) is 11.4.